The zero-order valence-corrected chi connectivity index (χ0v) is 18.2. The third kappa shape index (κ3) is 4.09. The maximum Gasteiger partial charge on any atom is 0.345 e. The van der Waals surface area contributed by atoms with E-state index in [1.807, 2.05) is 61.5 Å². The van der Waals surface area contributed by atoms with Crippen LogP contribution in [-0.2, 0) is 25.5 Å². The normalized spacial score (nSPS) is 15.7. The van der Waals surface area contributed by atoms with Gasteiger partial charge >= 0.3 is 11.9 Å². The SMILES string of the molecule is CCc1sc(-c2ccc(OC)cc2)nc1C1=C(OC(C)=O)C(c2ccccc2)OC1=O. The summed E-state index contributed by atoms with van der Waals surface area (Å²) in [4.78, 5) is 30.4. The summed E-state index contributed by atoms with van der Waals surface area (Å²) in [6.07, 6.45) is -0.119. The van der Waals surface area contributed by atoms with Gasteiger partial charge in [-0.1, -0.05) is 37.3 Å². The van der Waals surface area contributed by atoms with Crippen molar-refractivity contribution in [1.82, 2.24) is 4.98 Å². The van der Waals surface area contributed by atoms with E-state index in [-0.39, 0.29) is 11.3 Å². The number of carbonyl (C=O) groups excluding carboxylic acids is 2. The Morgan fingerprint density at radius 1 is 1.13 bits per heavy atom. The Bertz CT molecular complexity index is 1150. The minimum atomic E-state index is -0.788. The van der Waals surface area contributed by atoms with Crippen LogP contribution in [-0.4, -0.2) is 24.0 Å². The van der Waals surface area contributed by atoms with Crippen LogP contribution in [0, 0.1) is 0 Å². The first kappa shape index (κ1) is 20.8. The predicted molar refractivity (Wildman–Crippen MR) is 117 cm³/mol. The summed E-state index contributed by atoms with van der Waals surface area (Å²) in [7, 11) is 1.61. The molecule has 1 aliphatic rings. The highest BCUT2D eigenvalue weighted by atomic mass is 32.1. The molecule has 1 aromatic heterocycles. The third-order valence-corrected chi connectivity index (χ3v) is 6.11. The number of thiazole rings is 1. The van der Waals surface area contributed by atoms with Crippen LogP contribution < -0.4 is 4.74 Å². The van der Waals surface area contributed by atoms with Crippen LogP contribution >= 0.6 is 11.3 Å². The van der Waals surface area contributed by atoms with Crippen LogP contribution in [0.2, 0.25) is 0 Å². The number of ether oxygens (including phenoxy) is 3. The molecule has 0 radical (unpaired) electrons. The summed E-state index contributed by atoms with van der Waals surface area (Å²) in [6.45, 7) is 3.30. The molecule has 6 nitrogen and oxygen atoms in total. The standard InChI is InChI=1S/C24H21NO5S/c1-4-18-20(25-23(31-18)16-10-12-17(28-3)13-11-16)19-22(29-14(2)26)21(30-24(19)27)15-8-6-5-7-9-15/h5-13,21H,4H2,1-3H3. The van der Waals surface area contributed by atoms with Crippen molar-refractivity contribution in [2.24, 2.45) is 0 Å². The molecule has 0 amide bonds. The van der Waals surface area contributed by atoms with Gasteiger partial charge in [-0.2, -0.15) is 0 Å². The fourth-order valence-electron chi connectivity index (χ4n) is 3.41. The van der Waals surface area contributed by atoms with Crippen molar-refractivity contribution in [3.8, 4) is 16.3 Å². The lowest BCUT2D eigenvalue weighted by Crippen LogP contribution is -2.07. The zero-order valence-electron chi connectivity index (χ0n) is 17.4. The molecule has 1 aliphatic heterocycles. The minimum absolute atomic E-state index is 0.185. The largest absolute Gasteiger partial charge is 0.497 e. The van der Waals surface area contributed by atoms with E-state index in [2.05, 4.69) is 0 Å². The molecule has 0 aliphatic carbocycles. The van der Waals surface area contributed by atoms with Crippen LogP contribution in [0.1, 0.15) is 36.1 Å². The average Bonchev–Trinajstić information content (AvgIpc) is 3.34. The molecule has 31 heavy (non-hydrogen) atoms. The summed E-state index contributed by atoms with van der Waals surface area (Å²) in [5, 5.41) is 0.764. The van der Waals surface area contributed by atoms with Crippen LogP contribution in [0.15, 0.2) is 60.4 Å². The Labute approximate surface area is 184 Å². The van der Waals surface area contributed by atoms with Gasteiger partial charge in [0.2, 0.25) is 0 Å². The maximum atomic E-state index is 12.9. The fraction of sp³-hybridized carbons (Fsp3) is 0.208. The first-order valence-electron chi connectivity index (χ1n) is 9.84. The van der Waals surface area contributed by atoms with Crippen LogP contribution in [0.5, 0.6) is 5.75 Å². The number of nitrogens with zero attached hydrogens (tertiary/aromatic N) is 1. The molecule has 0 bridgehead atoms. The molecule has 0 spiro atoms. The average molecular weight is 436 g/mol. The van der Waals surface area contributed by atoms with E-state index in [1.165, 1.54) is 18.3 Å². The Morgan fingerprint density at radius 3 is 2.45 bits per heavy atom. The van der Waals surface area contributed by atoms with Gasteiger partial charge in [-0.3, -0.25) is 4.79 Å². The van der Waals surface area contributed by atoms with E-state index in [4.69, 9.17) is 19.2 Å². The van der Waals surface area contributed by atoms with E-state index >= 15 is 0 Å². The lowest BCUT2D eigenvalue weighted by Gasteiger charge is -2.13. The smallest absolute Gasteiger partial charge is 0.345 e. The van der Waals surface area contributed by atoms with E-state index in [0.717, 1.165) is 26.8 Å². The van der Waals surface area contributed by atoms with Crippen molar-refractivity contribution in [2.75, 3.05) is 7.11 Å². The Hall–Kier alpha value is -3.45. The molecule has 2 aromatic carbocycles. The summed E-state index contributed by atoms with van der Waals surface area (Å²) in [5.74, 6) is -0.132. The molecule has 0 saturated carbocycles. The minimum Gasteiger partial charge on any atom is -0.497 e. The van der Waals surface area contributed by atoms with Crippen molar-refractivity contribution in [3.05, 3.63) is 76.5 Å². The van der Waals surface area contributed by atoms with Gasteiger partial charge in [0.05, 0.1) is 12.8 Å². The zero-order chi connectivity index (χ0) is 22.0. The Kier molecular flexibility index (Phi) is 5.86. The second-order valence-electron chi connectivity index (χ2n) is 6.90. The molecular formula is C24H21NO5S. The quantitative estimate of drug-likeness (QED) is 0.510. The summed E-state index contributed by atoms with van der Waals surface area (Å²) in [5.41, 5.74) is 2.34. The molecule has 1 unspecified atom stereocenters. The first-order chi connectivity index (χ1) is 15.0. The molecule has 158 valence electrons. The molecule has 2 heterocycles. The fourth-order valence-corrected chi connectivity index (χ4v) is 4.43. The van der Waals surface area contributed by atoms with Crippen LogP contribution in [0.4, 0.5) is 0 Å². The number of aryl methyl sites for hydroxylation is 1. The van der Waals surface area contributed by atoms with Gasteiger partial charge in [-0.15, -0.1) is 11.3 Å². The van der Waals surface area contributed by atoms with Gasteiger partial charge in [0.1, 0.15) is 16.3 Å². The van der Waals surface area contributed by atoms with E-state index < -0.39 is 18.0 Å². The van der Waals surface area contributed by atoms with Gasteiger partial charge in [0.15, 0.2) is 11.9 Å². The van der Waals surface area contributed by atoms with Crippen molar-refractivity contribution in [3.63, 3.8) is 0 Å². The van der Waals surface area contributed by atoms with Gasteiger partial charge in [-0.05, 0) is 30.7 Å². The molecule has 0 N–H and O–H groups in total. The molecule has 7 heteroatoms. The number of rotatable bonds is 6. The number of hydrogen-bond acceptors (Lipinski definition) is 7. The maximum absolute atomic E-state index is 12.9. The summed E-state index contributed by atoms with van der Waals surface area (Å²) < 4.78 is 16.4. The topological polar surface area (TPSA) is 74.7 Å². The van der Waals surface area contributed by atoms with E-state index in [1.54, 1.807) is 7.11 Å². The molecule has 4 rings (SSSR count). The molecule has 0 fully saturated rings. The molecule has 3 aromatic rings. The van der Waals surface area contributed by atoms with Gasteiger partial charge in [-0.25, -0.2) is 9.78 Å². The van der Waals surface area contributed by atoms with Crippen LogP contribution in [0.25, 0.3) is 16.1 Å². The van der Waals surface area contributed by atoms with Gasteiger partial charge < -0.3 is 14.2 Å². The van der Waals surface area contributed by atoms with Gasteiger partial charge in [0.25, 0.3) is 0 Å². The first-order valence-corrected chi connectivity index (χ1v) is 10.7. The third-order valence-electron chi connectivity index (χ3n) is 4.86. The van der Waals surface area contributed by atoms with Crippen molar-refractivity contribution in [1.29, 1.82) is 0 Å². The predicted octanol–water partition coefficient (Wildman–Crippen LogP) is 4.95. The second kappa shape index (κ2) is 8.73. The lowest BCUT2D eigenvalue weighted by atomic mass is 10.0. The van der Waals surface area contributed by atoms with Gasteiger partial charge in [0, 0.05) is 22.9 Å². The Morgan fingerprint density at radius 2 is 1.84 bits per heavy atom. The second-order valence-corrected chi connectivity index (χ2v) is 7.99. The monoisotopic (exact) mass is 435 g/mol. The number of carbonyl (C=O) groups is 2. The van der Waals surface area contributed by atoms with Crippen molar-refractivity contribution >= 4 is 28.8 Å². The van der Waals surface area contributed by atoms with Crippen LogP contribution in [0.3, 0.4) is 0 Å². The highest BCUT2D eigenvalue weighted by Gasteiger charge is 2.40. The lowest BCUT2D eigenvalue weighted by molar-refractivity contribution is -0.143. The summed E-state index contributed by atoms with van der Waals surface area (Å²) >= 11 is 1.50. The number of hydrogen-bond donors (Lipinski definition) is 0. The van der Waals surface area contributed by atoms with E-state index in [0.29, 0.717) is 12.1 Å². The number of benzene rings is 2. The highest BCUT2D eigenvalue weighted by molar-refractivity contribution is 7.15. The summed E-state index contributed by atoms with van der Waals surface area (Å²) in [6, 6.07) is 16.8. The number of cyclic esters (lactones) is 1. The molecule has 1 atom stereocenters. The van der Waals surface area contributed by atoms with E-state index in [9.17, 15) is 9.59 Å². The Balaban J connectivity index is 1.83. The number of methoxy groups -OCH3 is 1. The number of aromatic nitrogens is 1. The highest BCUT2D eigenvalue weighted by Crippen LogP contribution is 2.43. The molecular weight excluding hydrogens is 414 g/mol. The number of esters is 2. The van der Waals surface area contributed by atoms with Crippen molar-refractivity contribution in [2.45, 2.75) is 26.4 Å². The molecule has 0 saturated heterocycles. The van der Waals surface area contributed by atoms with Crippen molar-refractivity contribution < 1.29 is 23.8 Å².